The van der Waals surface area contributed by atoms with Gasteiger partial charge in [0.15, 0.2) is 0 Å². The SMILES string of the molecule is N#Cc1cc2ccccc2nc1N1CCC(CC(=O)N2CCOCC2)CC1. The molecule has 6 nitrogen and oxygen atoms in total. The lowest BCUT2D eigenvalue weighted by Crippen LogP contribution is -2.42. The number of hydrogen-bond donors (Lipinski definition) is 0. The molecule has 0 N–H and O–H groups in total. The number of para-hydroxylation sites is 1. The molecule has 0 aliphatic carbocycles. The number of morpholine rings is 1. The lowest BCUT2D eigenvalue weighted by molar-refractivity contribution is -0.136. The standard InChI is InChI=1S/C21H24N4O2/c22-15-18-14-17-3-1-2-4-19(17)23-21(18)25-7-5-16(6-8-25)13-20(26)24-9-11-27-12-10-24/h1-4,14,16H,5-13H2. The fourth-order valence-corrected chi connectivity index (χ4v) is 3.97. The number of nitriles is 1. The number of piperidine rings is 1. The third kappa shape index (κ3) is 3.88. The van der Waals surface area contributed by atoms with E-state index in [0.29, 0.717) is 44.2 Å². The van der Waals surface area contributed by atoms with Crippen molar-refractivity contribution in [1.29, 1.82) is 5.26 Å². The number of rotatable bonds is 3. The first-order valence-corrected chi connectivity index (χ1v) is 9.65. The highest BCUT2D eigenvalue weighted by atomic mass is 16.5. The molecule has 2 aromatic rings. The van der Waals surface area contributed by atoms with Crippen molar-refractivity contribution in [2.75, 3.05) is 44.3 Å². The number of pyridine rings is 1. The Morgan fingerprint density at radius 2 is 1.93 bits per heavy atom. The normalized spacial score (nSPS) is 18.5. The average molecular weight is 364 g/mol. The van der Waals surface area contributed by atoms with Crippen LogP contribution in [0.5, 0.6) is 0 Å². The van der Waals surface area contributed by atoms with Gasteiger partial charge in [-0.3, -0.25) is 4.79 Å². The van der Waals surface area contributed by atoms with Crippen molar-refractivity contribution < 1.29 is 9.53 Å². The molecule has 27 heavy (non-hydrogen) atoms. The van der Waals surface area contributed by atoms with Gasteiger partial charge in [0, 0.05) is 38.0 Å². The summed E-state index contributed by atoms with van der Waals surface area (Å²) in [5.41, 5.74) is 1.53. The number of fused-ring (bicyclic) bond motifs is 1. The van der Waals surface area contributed by atoms with E-state index < -0.39 is 0 Å². The van der Waals surface area contributed by atoms with Crippen molar-refractivity contribution in [2.45, 2.75) is 19.3 Å². The fourth-order valence-electron chi connectivity index (χ4n) is 3.97. The Morgan fingerprint density at radius 1 is 1.19 bits per heavy atom. The summed E-state index contributed by atoms with van der Waals surface area (Å²) in [7, 11) is 0. The zero-order chi connectivity index (χ0) is 18.6. The second kappa shape index (κ2) is 7.93. The topological polar surface area (TPSA) is 69.5 Å². The van der Waals surface area contributed by atoms with Crippen molar-refractivity contribution in [2.24, 2.45) is 5.92 Å². The molecule has 0 saturated carbocycles. The highest BCUT2D eigenvalue weighted by Crippen LogP contribution is 2.28. The number of nitrogens with zero attached hydrogens (tertiary/aromatic N) is 4. The third-order valence-corrected chi connectivity index (χ3v) is 5.57. The van der Waals surface area contributed by atoms with Gasteiger partial charge in [0.05, 0.1) is 24.3 Å². The Morgan fingerprint density at radius 3 is 2.67 bits per heavy atom. The molecule has 0 unspecified atom stereocenters. The van der Waals surface area contributed by atoms with Crippen molar-refractivity contribution in [3.8, 4) is 6.07 Å². The second-order valence-corrected chi connectivity index (χ2v) is 7.29. The molecular formula is C21H24N4O2. The van der Waals surface area contributed by atoms with Gasteiger partial charge >= 0.3 is 0 Å². The van der Waals surface area contributed by atoms with Gasteiger partial charge in [-0.05, 0) is 30.9 Å². The number of aromatic nitrogens is 1. The van der Waals surface area contributed by atoms with Crippen LogP contribution in [-0.2, 0) is 9.53 Å². The number of hydrogen-bond acceptors (Lipinski definition) is 5. The van der Waals surface area contributed by atoms with E-state index in [-0.39, 0.29) is 5.91 Å². The van der Waals surface area contributed by atoms with Crippen LogP contribution in [0.4, 0.5) is 5.82 Å². The molecular weight excluding hydrogens is 340 g/mol. The summed E-state index contributed by atoms with van der Waals surface area (Å²) >= 11 is 0. The van der Waals surface area contributed by atoms with Crippen molar-refractivity contribution >= 4 is 22.6 Å². The molecule has 140 valence electrons. The van der Waals surface area contributed by atoms with Crippen molar-refractivity contribution in [1.82, 2.24) is 9.88 Å². The van der Waals surface area contributed by atoms with E-state index in [0.717, 1.165) is 42.7 Å². The van der Waals surface area contributed by atoms with Crippen LogP contribution < -0.4 is 4.90 Å². The minimum absolute atomic E-state index is 0.248. The highest BCUT2D eigenvalue weighted by molar-refractivity contribution is 5.83. The maximum absolute atomic E-state index is 12.5. The van der Waals surface area contributed by atoms with Crippen LogP contribution in [-0.4, -0.2) is 55.2 Å². The summed E-state index contributed by atoms with van der Waals surface area (Å²) in [5.74, 6) is 1.43. The molecule has 1 aromatic heterocycles. The first-order valence-electron chi connectivity index (χ1n) is 9.65. The lowest BCUT2D eigenvalue weighted by atomic mass is 9.92. The summed E-state index contributed by atoms with van der Waals surface area (Å²) in [6.07, 6.45) is 2.52. The maximum atomic E-state index is 12.5. The van der Waals surface area contributed by atoms with Crippen molar-refractivity contribution in [3.63, 3.8) is 0 Å². The zero-order valence-electron chi connectivity index (χ0n) is 15.4. The van der Waals surface area contributed by atoms with Gasteiger partial charge in [0.25, 0.3) is 0 Å². The molecule has 0 atom stereocenters. The molecule has 0 radical (unpaired) electrons. The Kier molecular flexibility index (Phi) is 5.21. The first-order chi connectivity index (χ1) is 13.2. The number of benzene rings is 1. The predicted molar refractivity (Wildman–Crippen MR) is 103 cm³/mol. The van der Waals surface area contributed by atoms with Crippen LogP contribution in [0.25, 0.3) is 10.9 Å². The molecule has 1 amide bonds. The summed E-state index contributed by atoms with van der Waals surface area (Å²) in [5, 5.41) is 10.5. The number of ether oxygens (including phenoxy) is 1. The molecule has 2 fully saturated rings. The summed E-state index contributed by atoms with van der Waals surface area (Å²) in [6.45, 7) is 4.39. The molecule has 2 saturated heterocycles. The van der Waals surface area contributed by atoms with Gasteiger partial charge in [-0.25, -0.2) is 4.98 Å². The van der Waals surface area contributed by atoms with E-state index in [1.165, 1.54) is 0 Å². The Hall–Kier alpha value is -2.65. The first kappa shape index (κ1) is 17.7. The van der Waals surface area contributed by atoms with Crippen LogP contribution in [0.3, 0.4) is 0 Å². The van der Waals surface area contributed by atoms with Gasteiger partial charge in [0.1, 0.15) is 11.9 Å². The van der Waals surface area contributed by atoms with Crippen LogP contribution in [0.15, 0.2) is 30.3 Å². The maximum Gasteiger partial charge on any atom is 0.223 e. The highest BCUT2D eigenvalue weighted by Gasteiger charge is 2.26. The number of anilines is 1. The van der Waals surface area contributed by atoms with E-state index in [1.54, 1.807) is 0 Å². The van der Waals surface area contributed by atoms with Crippen LogP contribution >= 0.6 is 0 Å². The van der Waals surface area contributed by atoms with Crippen LogP contribution in [0, 0.1) is 17.2 Å². The molecule has 3 heterocycles. The molecule has 0 bridgehead atoms. The number of carbonyl (C=O) groups excluding carboxylic acids is 1. The van der Waals surface area contributed by atoms with Gasteiger partial charge in [-0.2, -0.15) is 5.26 Å². The quantitative estimate of drug-likeness (QED) is 0.837. The van der Waals surface area contributed by atoms with Gasteiger partial charge in [0.2, 0.25) is 5.91 Å². The summed E-state index contributed by atoms with van der Waals surface area (Å²) in [6, 6.07) is 12.1. The van der Waals surface area contributed by atoms with E-state index in [2.05, 4.69) is 11.0 Å². The van der Waals surface area contributed by atoms with Gasteiger partial charge in [-0.1, -0.05) is 18.2 Å². The minimum Gasteiger partial charge on any atom is -0.378 e. The zero-order valence-corrected chi connectivity index (χ0v) is 15.4. The molecule has 6 heteroatoms. The predicted octanol–water partition coefficient (Wildman–Crippen LogP) is 2.57. The smallest absolute Gasteiger partial charge is 0.223 e. The third-order valence-electron chi connectivity index (χ3n) is 5.57. The van der Waals surface area contributed by atoms with E-state index in [4.69, 9.17) is 9.72 Å². The average Bonchev–Trinajstić information content (AvgIpc) is 2.74. The van der Waals surface area contributed by atoms with Crippen LogP contribution in [0.1, 0.15) is 24.8 Å². The molecule has 0 spiro atoms. The largest absolute Gasteiger partial charge is 0.378 e. The summed E-state index contributed by atoms with van der Waals surface area (Å²) in [4.78, 5) is 21.3. The lowest BCUT2D eigenvalue weighted by Gasteiger charge is -2.34. The Labute approximate surface area is 159 Å². The minimum atomic E-state index is 0.248. The Balaban J connectivity index is 1.41. The molecule has 2 aliphatic heterocycles. The Bertz CT molecular complexity index is 862. The van der Waals surface area contributed by atoms with Gasteiger partial charge in [-0.15, -0.1) is 0 Å². The van der Waals surface area contributed by atoms with E-state index in [9.17, 15) is 10.1 Å². The fraction of sp³-hybridized carbons (Fsp3) is 0.476. The number of carbonyl (C=O) groups is 1. The van der Waals surface area contributed by atoms with Crippen LogP contribution in [0.2, 0.25) is 0 Å². The second-order valence-electron chi connectivity index (χ2n) is 7.29. The van der Waals surface area contributed by atoms with E-state index >= 15 is 0 Å². The van der Waals surface area contributed by atoms with Gasteiger partial charge < -0.3 is 14.5 Å². The van der Waals surface area contributed by atoms with Crippen molar-refractivity contribution in [3.05, 3.63) is 35.9 Å². The number of amides is 1. The molecule has 2 aliphatic rings. The van der Waals surface area contributed by atoms with E-state index in [1.807, 2.05) is 35.2 Å². The molecule has 4 rings (SSSR count). The summed E-state index contributed by atoms with van der Waals surface area (Å²) < 4.78 is 5.32. The monoisotopic (exact) mass is 364 g/mol. The molecule has 1 aromatic carbocycles.